The molecule has 0 unspecified atom stereocenters. The fourth-order valence-electron chi connectivity index (χ4n) is 0. The molecule has 0 N–H and O–H groups in total. The third-order valence-corrected chi connectivity index (χ3v) is 0. The molecule has 0 aliphatic heterocycles. The molecular weight excluding hydrogens is 163 g/mol. The van der Waals surface area contributed by atoms with Gasteiger partial charge in [0.05, 0.1) is 0 Å². The fourth-order valence-corrected chi connectivity index (χ4v) is 0. The Bertz CT molecular complexity index is 31.8. The summed E-state index contributed by atoms with van der Waals surface area (Å²) in [5.41, 5.74) is 0. The second-order valence-corrected chi connectivity index (χ2v) is 0.492. The molecule has 0 amide bonds. The van der Waals surface area contributed by atoms with Crippen molar-refractivity contribution >= 4 is 5.97 Å². The Hall–Kier alpha value is 0.313. The van der Waals surface area contributed by atoms with Crippen molar-refractivity contribution in [3.8, 4) is 0 Å². The van der Waals surface area contributed by atoms with Crippen LogP contribution in [0.3, 0.4) is 0 Å². The molecule has 0 atom stereocenters. The van der Waals surface area contributed by atoms with Crippen molar-refractivity contribution in [3.63, 3.8) is 0 Å². The average molecular weight is 166 g/mol. The van der Waals surface area contributed by atoms with Crippen molar-refractivity contribution in [2.75, 3.05) is 0 Å². The van der Waals surface area contributed by atoms with E-state index in [4.69, 9.17) is 9.90 Å². The Morgan fingerprint density at radius 1 is 1.67 bits per heavy atom. The SMILES string of the molecule is CC(=O)[O-].[O-2].[Zr+3]. The summed E-state index contributed by atoms with van der Waals surface area (Å²) in [5, 5.41) is 8.89. The van der Waals surface area contributed by atoms with Gasteiger partial charge in [0.25, 0.3) is 0 Å². The molecule has 4 heteroatoms. The summed E-state index contributed by atoms with van der Waals surface area (Å²) in [5.74, 6) is -1.08. The number of carboxylic acids is 1. The first kappa shape index (κ1) is 16.2. The summed E-state index contributed by atoms with van der Waals surface area (Å²) in [6, 6.07) is 0. The molecule has 33 valence electrons. The Morgan fingerprint density at radius 3 is 1.67 bits per heavy atom. The Kier molecular flexibility index (Phi) is 24.4. The molecule has 0 saturated heterocycles. The van der Waals surface area contributed by atoms with Gasteiger partial charge in [-0.05, 0) is 6.92 Å². The van der Waals surface area contributed by atoms with Gasteiger partial charge in [0.15, 0.2) is 0 Å². The molecule has 0 heterocycles. The zero-order chi connectivity index (χ0) is 3.58. The molecule has 1 radical (unpaired) electrons. The van der Waals surface area contributed by atoms with E-state index in [9.17, 15) is 0 Å². The van der Waals surface area contributed by atoms with Crippen molar-refractivity contribution in [1.29, 1.82) is 0 Å². The Morgan fingerprint density at radius 2 is 1.67 bits per heavy atom. The van der Waals surface area contributed by atoms with Crippen LogP contribution in [0.4, 0.5) is 0 Å². The molecule has 0 spiro atoms. The molecule has 3 nitrogen and oxygen atoms in total. The number of carbonyl (C=O) groups is 1. The maximum atomic E-state index is 8.89. The number of carbonyl (C=O) groups excluding carboxylic acids is 1. The van der Waals surface area contributed by atoms with E-state index >= 15 is 0 Å². The Labute approximate surface area is 54.8 Å². The van der Waals surface area contributed by atoms with E-state index in [2.05, 4.69) is 0 Å². The summed E-state index contributed by atoms with van der Waals surface area (Å²) in [7, 11) is 0. The van der Waals surface area contributed by atoms with Crippen LogP contribution in [0.1, 0.15) is 6.92 Å². The van der Waals surface area contributed by atoms with E-state index in [1.807, 2.05) is 0 Å². The van der Waals surface area contributed by atoms with Gasteiger partial charge in [-0.25, -0.2) is 0 Å². The van der Waals surface area contributed by atoms with E-state index < -0.39 is 5.97 Å². The first-order chi connectivity index (χ1) is 1.73. The molecule has 0 aromatic carbocycles. The predicted molar refractivity (Wildman–Crippen MR) is 11.4 cm³/mol. The molecule has 0 aliphatic carbocycles. The van der Waals surface area contributed by atoms with Crippen LogP contribution in [0.15, 0.2) is 0 Å². The maximum Gasteiger partial charge on any atom is 3.00 e. The predicted octanol–water partition coefficient (Wildman–Crippen LogP) is -1.37. The smallest absolute Gasteiger partial charge is 2.00 e. The number of hydrogen-bond donors (Lipinski definition) is 0. The van der Waals surface area contributed by atoms with Gasteiger partial charge >= 0.3 is 26.2 Å². The van der Waals surface area contributed by atoms with Crippen LogP contribution in [-0.2, 0) is 36.5 Å². The van der Waals surface area contributed by atoms with Crippen molar-refractivity contribution in [3.05, 3.63) is 0 Å². The van der Waals surface area contributed by atoms with Crippen LogP contribution in [0.5, 0.6) is 0 Å². The van der Waals surface area contributed by atoms with Crippen molar-refractivity contribution < 1.29 is 41.6 Å². The molecule has 0 rings (SSSR count). The number of hydrogen-bond acceptors (Lipinski definition) is 2. The van der Waals surface area contributed by atoms with Gasteiger partial charge in [-0.1, -0.05) is 0 Å². The fraction of sp³-hybridized carbons (Fsp3) is 0.500. The van der Waals surface area contributed by atoms with Crippen molar-refractivity contribution in [1.82, 2.24) is 0 Å². The molecule has 0 aromatic rings. The van der Waals surface area contributed by atoms with E-state index in [1.54, 1.807) is 0 Å². The third-order valence-electron chi connectivity index (χ3n) is 0. The third kappa shape index (κ3) is 483. The van der Waals surface area contributed by atoms with Crippen LogP contribution in [0.2, 0.25) is 0 Å². The van der Waals surface area contributed by atoms with Crippen molar-refractivity contribution in [2.45, 2.75) is 6.92 Å². The van der Waals surface area contributed by atoms with E-state index in [0.29, 0.717) is 0 Å². The van der Waals surface area contributed by atoms with Crippen LogP contribution in [0.25, 0.3) is 0 Å². The standard InChI is InChI=1S/C2H4O2.O.Zr/c1-2(3)4;;/h1H3,(H,3,4);;/q;-2;+3/p-1. The zero-order valence-corrected chi connectivity index (χ0v) is 5.68. The summed E-state index contributed by atoms with van der Waals surface area (Å²) in [6.45, 7) is 0.972. The number of rotatable bonds is 0. The summed E-state index contributed by atoms with van der Waals surface area (Å²) in [4.78, 5) is 8.89. The van der Waals surface area contributed by atoms with Crippen molar-refractivity contribution in [2.24, 2.45) is 0 Å². The van der Waals surface area contributed by atoms with Gasteiger partial charge in [-0.15, -0.1) is 0 Å². The second-order valence-electron chi connectivity index (χ2n) is 0.492. The molecular formula is C2H3O3Zr. The summed E-state index contributed by atoms with van der Waals surface area (Å²) in [6.07, 6.45) is 0. The summed E-state index contributed by atoms with van der Waals surface area (Å²) >= 11 is 0. The number of carboxylic acid groups (broad SMARTS) is 1. The minimum absolute atomic E-state index is 0. The van der Waals surface area contributed by atoms with Crippen LogP contribution in [0, 0.1) is 0 Å². The molecule has 0 aliphatic rings. The summed E-state index contributed by atoms with van der Waals surface area (Å²) < 4.78 is 0. The first-order valence-electron chi connectivity index (χ1n) is 0.908. The topological polar surface area (TPSA) is 68.6 Å². The van der Waals surface area contributed by atoms with Gasteiger partial charge in [0, 0.05) is 5.97 Å². The molecule has 0 fully saturated rings. The number of aliphatic carboxylic acids is 1. The van der Waals surface area contributed by atoms with Gasteiger partial charge in [-0.3, -0.25) is 0 Å². The van der Waals surface area contributed by atoms with Crippen LogP contribution in [-0.4, -0.2) is 5.97 Å². The van der Waals surface area contributed by atoms with Gasteiger partial charge in [0.1, 0.15) is 0 Å². The van der Waals surface area contributed by atoms with Gasteiger partial charge < -0.3 is 15.4 Å². The van der Waals surface area contributed by atoms with Gasteiger partial charge in [-0.2, -0.15) is 0 Å². The van der Waals surface area contributed by atoms with Crippen LogP contribution < -0.4 is 5.11 Å². The minimum atomic E-state index is -1.08. The molecule has 6 heavy (non-hydrogen) atoms. The van der Waals surface area contributed by atoms with E-state index in [1.165, 1.54) is 0 Å². The first-order valence-corrected chi connectivity index (χ1v) is 0.908. The minimum Gasteiger partial charge on any atom is -2.00 e. The van der Waals surface area contributed by atoms with Crippen LogP contribution >= 0.6 is 0 Å². The molecule has 0 aromatic heterocycles. The monoisotopic (exact) mass is 165 g/mol. The van der Waals surface area contributed by atoms with Gasteiger partial charge in [0.2, 0.25) is 0 Å². The van der Waals surface area contributed by atoms with E-state index in [0.717, 1.165) is 6.92 Å². The molecule has 0 bridgehead atoms. The Balaban J connectivity index is -0.0000000450. The quantitative estimate of drug-likeness (QED) is 0.446. The second kappa shape index (κ2) is 9.00. The largest absolute Gasteiger partial charge is 3.00 e. The average Bonchev–Trinajstić information content (AvgIpc) is 0.811. The zero-order valence-electron chi connectivity index (χ0n) is 3.22. The maximum absolute atomic E-state index is 8.89. The van der Waals surface area contributed by atoms with E-state index in [-0.39, 0.29) is 31.7 Å². The normalized spacial score (nSPS) is 4.17. The molecule has 0 saturated carbocycles.